The van der Waals surface area contributed by atoms with Crippen LogP contribution in [-0.4, -0.2) is 23.8 Å². The molecule has 1 aliphatic carbocycles. The Kier molecular flexibility index (Phi) is 3.34. The van der Waals surface area contributed by atoms with Crippen LogP contribution in [0.4, 0.5) is 0 Å². The van der Waals surface area contributed by atoms with E-state index in [1.807, 2.05) is 0 Å². The van der Waals surface area contributed by atoms with Gasteiger partial charge >= 0.3 is 0 Å². The molecule has 2 nitrogen and oxygen atoms in total. The summed E-state index contributed by atoms with van der Waals surface area (Å²) in [6, 6.07) is 1.24. The summed E-state index contributed by atoms with van der Waals surface area (Å²) in [6.07, 6.45) is 3.60. The lowest BCUT2D eigenvalue weighted by atomic mass is 10.1. The highest BCUT2D eigenvalue weighted by atomic mass is 16.3. The van der Waals surface area contributed by atoms with E-state index in [-0.39, 0.29) is 0 Å². The van der Waals surface area contributed by atoms with Crippen molar-refractivity contribution < 1.29 is 5.11 Å². The molecule has 1 aliphatic rings. The van der Waals surface area contributed by atoms with Crippen LogP contribution in [-0.2, 0) is 0 Å². The lowest BCUT2D eigenvalue weighted by Gasteiger charge is -2.15. The number of aliphatic hydroxyl groups is 1. The van der Waals surface area contributed by atoms with Crippen LogP contribution in [0.5, 0.6) is 0 Å². The van der Waals surface area contributed by atoms with Gasteiger partial charge in [0.15, 0.2) is 0 Å². The first-order chi connectivity index (χ1) is 5.22. The summed E-state index contributed by atoms with van der Waals surface area (Å²) < 4.78 is 0. The molecule has 1 fully saturated rings. The molecule has 2 N–H and O–H groups in total. The SMILES string of the molecule is CC(C)N[C@@H]1CC[C@@H](CO)C1. The van der Waals surface area contributed by atoms with E-state index >= 15 is 0 Å². The molecule has 2 heteroatoms. The van der Waals surface area contributed by atoms with Crippen molar-refractivity contribution in [1.29, 1.82) is 0 Å². The molecular formula is C9H19NO. The Morgan fingerprint density at radius 2 is 2.18 bits per heavy atom. The van der Waals surface area contributed by atoms with Gasteiger partial charge in [-0.05, 0) is 25.2 Å². The molecule has 0 unspecified atom stereocenters. The van der Waals surface area contributed by atoms with Gasteiger partial charge in [0, 0.05) is 18.7 Å². The van der Waals surface area contributed by atoms with Crippen molar-refractivity contribution in [3.05, 3.63) is 0 Å². The predicted molar refractivity (Wildman–Crippen MR) is 46.5 cm³/mol. The molecule has 0 aromatic heterocycles. The van der Waals surface area contributed by atoms with Gasteiger partial charge in [0.25, 0.3) is 0 Å². The summed E-state index contributed by atoms with van der Waals surface area (Å²) in [5.74, 6) is 0.561. The molecule has 66 valence electrons. The van der Waals surface area contributed by atoms with E-state index in [9.17, 15) is 0 Å². The third kappa shape index (κ3) is 2.80. The van der Waals surface area contributed by atoms with E-state index in [0.717, 1.165) is 6.42 Å². The van der Waals surface area contributed by atoms with Gasteiger partial charge in [-0.1, -0.05) is 13.8 Å². The van der Waals surface area contributed by atoms with Crippen molar-refractivity contribution in [1.82, 2.24) is 5.32 Å². The number of rotatable bonds is 3. The van der Waals surface area contributed by atoms with Gasteiger partial charge in [-0.25, -0.2) is 0 Å². The number of hydrogen-bond donors (Lipinski definition) is 2. The minimum absolute atomic E-state index is 0.371. The zero-order chi connectivity index (χ0) is 8.27. The second kappa shape index (κ2) is 4.07. The number of aliphatic hydroxyl groups excluding tert-OH is 1. The van der Waals surface area contributed by atoms with Gasteiger partial charge in [0.2, 0.25) is 0 Å². The molecule has 0 spiro atoms. The van der Waals surface area contributed by atoms with Crippen LogP contribution in [0.3, 0.4) is 0 Å². The average Bonchev–Trinajstić information content (AvgIpc) is 2.34. The Bertz CT molecular complexity index is 114. The Morgan fingerprint density at radius 3 is 2.64 bits per heavy atom. The Hall–Kier alpha value is -0.0800. The Labute approximate surface area is 69.0 Å². The number of nitrogens with one attached hydrogen (secondary N) is 1. The van der Waals surface area contributed by atoms with Gasteiger partial charge in [-0.15, -0.1) is 0 Å². The first kappa shape index (κ1) is 9.01. The van der Waals surface area contributed by atoms with Crippen LogP contribution < -0.4 is 5.32 Å². The topological polar surface area (TPSA) is 32.3 Å². The fourth-order valence-corrected chi connectivity index (χ4v) is 1.86. The van der Waals surface area contributed by atoms with Crippen molar-refractivity contribution in [2.24, 2.45) is 5.92 Å². The van der Waals surface area contributed by atoms with E-state index in [0.29, 0.717) is 24.6 Å². The molecule has 0 saturated heterocycles. The van der Waals surface area contributed by atoms with E-state index in [1.54, 1.807) is 0 Å². The summed E-state index contributed by atoms with van der Waals surface area (Å²) in [5.41, 5.74) is 0. The molecule has 0 amide bonds. The molecular weight excluding hydrogens is 138 g/mol. The minimum Gasteiger partial charge on any atom is -0.396 e. The minimum atomic E-state index is 0.371. The van der Waals surface area contributed by atoms with Crippen molar-refractivity contribution in [2.45, 2.75) is 45.2 Å². The standard InChI is InChI=1S/C9H19NO/c1-7(2)10-9-4-3-8(5-9)6-11/h7-11H,3-6H2,1-2H3/t8-,9-/m1/s1. The summed E-state index contributed by atoms with van der Waals surface area (Å²) in [6.45, 7) is 4.72. The van der Waals surface area contributed by atoms with Crippen molar-refractivity contribution >= 4 is 0 Å². The van der Waals surface area contributed by atoms with Crippen LogP contribution in [0.25, 0.3) is 0 Å². The molecule has 0 aromatic carbocycles. The van der Waals surface area contributed by atoms with Crippen LogP contribution in [0, 0.1) is 5.92 Å². The van der Waals surface area contributed by atoms with Crippen LogP contribution in [0.1, 0.15) is 33.1 Å². The smallest absolute Gasteiger partial charge is 0.0459 e. The summed E-state index contributed by atoms with van der Waals surface area (Å²) >= 11 is 0. The maximum atomic E-state index is 8.89. The maximum Gasteiger partial charge on any atom is 0.0459 e. The van der Waals surface area contributed by atoms with Crippen molar-refractivity contribution in [3.63, 3.8) is 0 Å². The first-order valence-corrected chi connectivity index (χ1v) is 4.59. The highest BCUT2D eigenvalue weighted by Crippen LogP contribution is 2.24. The zero-order valence-electron chi connectivity index (χ0n) is 7.51. The van der Waals surface area contributed by atoms with E-state index in [1.165, 1.54) is 12.8 Å². The summed E-state index contributed by atoms with van der Waals surface area (Å²) in [4.78, 5) is 0. The molecule has 11 heavy (non-hydrogen) atoms. The van der Waals surface area contributed by atoms with Crippen molar-refractivity contribution in [2.75, 3.05) is 6.61 Å². The highest BCUT2D eigenvalue weighted by molar-refractivity contribution is 4.80. The molecule has 0 aliphatic heterocycles. The van der Waals surface area contributed by atoms with Gasteiger partial charge in [0.1, 0.15) is 0 Å². The fourth-order valence-electron chi connectivity index (χ4n) is 1.86. The van der Waals surface area contributed by atoms with Gasteiger partial charge < -0.3 is 10.4 Å². The average molecular weight is 157 g/mol. The summed E-state index contributed by atoms with van der Waals surface area (Å²) in [5, 5.41) is 12.4. The summed E-state index contributed by atoms with van der Waals surface area (Å²) in [7, 11) is 0. The Balaban J connectivity index is 2.19. The predicted octanol–water partition coefficient (Wildman–Crippen LogP) is 1.15. The quantitative estimate of drug-likeness (QED) is 0.644. The molecule has 0 heterocycles. The first-order valence-electron chi connectivity index (χ1n) is 4.59. The molecule has 1 saturated carbocycles. The van der Waals surface area contributed by atoms with Crippen LogP contribution in [0.15, 0.2) is 0 Å². The van der Waals surface area contributed by atoms with E-state index in [2.05, 4.69) is 19.2 Å². The van der Waals surface area contributed by atoms with Gasteiger partial charge in [0.05, 0.1) is 0 Å². The molecule has 1 rings (SSSR count). The van der Waals surface area contributed by atoms with E-state index in [4.69, 9.17) is 5.11 Å². The molecule has 2 atom stereocenters. The second-order valence-electron chi connectivity index (χ2n) is 3.88. The molecule has 0 aromatic rings. The highest BCUT2D eigenvalue weighted by Gasteiger charge is 2.23. The Morgan fingerprint density at radius 1 is 1.45 bits per heavy atom. The van der Waals surface area contributed by atoms with Crippen LogP contribution >= 0.6 is 0 Å². The van der Waals surface area contributed by atoms with Gasteiger partial charge in [-0.3, -0.25) is 0 Å². The van der Waals surface area contributed by atoms with Crippen LogP contribution in [0.2, 0.25) is 0 Å². The molecule has 0 bridgehead atoms. The monoisotopic (exact) mass is 157 g/mol. The van der Waals surface area contributed by atoms with Gasteiger partial charge in [-0.2, -0.15) is 0 Å². The number of hydrogen-bond acceptors (Lipinski definition) is 2. The lowest BCUT2D eigenvalue weighted by molar-refractivity contribution is 0.227. The molecule has 0 radical (unpaired) electrons. The zero-order valence-corrected chi connectivity index (χ0v) is 7.51. The normalized spacial score (nSPS) is 31.6. The fraction of sp³-hybridized carbons (Fsp3) is 1.00. The van der Waals surface area contributed by atoms with E-state index < -0.39 is 0 Å². The largest absolute Gasteiger partial charge is 0.396 e. The lowest BCUT2D eigenvalue weighted by Crippen LogP contribution is -2.32. The maximum absolute atomic E-state index is 8.89. The van der Waals surface area contributed by atoms with Crippen molar-refractivity contribution in [3.8, 4) is 0 Å². The third-order valence-electron chi connectivity index (χ3n) is 2.37. The second-order valence-corrected chi connectivity index (χ2v) is 3.88. The third-order valence-corrected chi connectivity index (χ3v) is 2.37.